The van der Waals surface area contributed by atoms with Crippen LogP contribution in [0.4, 0.5) is 0 Å². The van der Waals surface area contributed by atoms with Gasteiger partial charge in [-0.25, -0.2) is 0 Å². The Morgan fingerprint density at radius 2 is 1.68 bits per heavy atom. The Bertz CT molecular complexity index is 1290. The van der Waals surface area contributed by atoms with Gasteiger partial charge in [-0.15, -0.1) is 0 Å². The molecule has 196 valence electrons. The van der Waals surface area contributed by atoms with Crippen LogP contribution in [-0.4, -0.2) is 35.9 Å². The van der Waals surface area contributed by atoms with Gasteiger partial charge in [-0.2, -0.15) is 0 Å². The number of rotatable bonds is 11. The fraction of sp³-hybridized carbons (Fsp3) is 0.387. The molecular formula is C31H37NO5. The lowest BCUT2D eigenvalue weighted by atomic mass is 9.89. The van der Waals surface area contributed by atoms with Crippen molar-refractivity contribution in [3.05, 3.63) is 76.9 Å². The van der Waals surface area contributed by atoms with E-state index in [-0.39, 0.29) is 12.4 Å². The van der Waals surface area contributed by atoms with E-state index in [1.165, 1.54) is 11.1 Å². The first-order chi connectivity index (χ1) is 17.5. The average molecular weight is 504 g/mol. The molecule has 37 heavy (non-hydrogen) atoms. The van der Waals surface area contributed by atoms with Gasteiger partial charge in [0, 0.05) is 11.0 Å². The summed E-state index contributed by atoms with van der Waals surface area (Å²) in [4.78, 5) is 35.0. The van der Waals surface area contributed by atoms with Gasteiger partial charge in [0.25, 0.3) is 5.91 Å². The summed E-state index contributed by atoms with van der Waals surface area (Å²) in [6, 6.07) is 17.9. The second kappa shape index (κ2) is 12.0. The first-order valence-electron chi connectivity index (χ1n) is 12.8. The molecule has 1 atom stereocenters. The topological polar surface area (TPSA) is 92.7 Å². The molecule has 0 aromatic heterocycles. The number of aryl methyl sites for hydroxylation is 2. The lowest BCUT2D eigenvalue weighted by molar-refractivity contribution is -0.135. The summed E-state index contributed by atoms with van der Waals surface area (Å²) in [5, 5.41) is 13.1. The van der Waals surface area contributed by atoms with Gasteiger partial charge in [0.2, 0.25) is 0 Å². The fourth-order valence-electron chi connectivity index (χ4n) is 4.25. The highest BCUT2D eigenvalue weighted by Crippen LogP contribution is 2.30. The molecule has 3 rings (SSSR count). The Morgan fingerprint density at radius 1 is 0.973 bits per heavy atom. The summed E-state index contributed by atoms with van der Waals surface area (Å²) in [5.41, 5.74) is 3.56. The summed E-state index contributed by atoms with van der Waals surface area (Å²) in [7, 11) is 0. The number of carbonyl (C=O) groups excluding carboxylic acids is 2. The summed E-state index contributed by atoms with van der Waals surface area (Å²) in [6.45, 7) is 9.60. The SMILES string of the molecule is CCC(CCc1ccc2cc(C(=O)NCC(=O)O)ccc2c1)c1ccc(OCC(=O)C(C)(C)C)c(C)c1. The van der Waals surface area contributed by atoms with Crippen LogP contribution in [-0.2, 0) is 16.0 Å². The van der Waals surface area contributed by atoms with Crippen molar-refractivity contribution in [3.8, 4) is 5.75 Å². The molecule has 0 spiro atoms. The van der Waals surface area contributed by atoms with Crippen molar-refractivity contribution < 1.29 is 24.2 Å². The third-order valence-electron chi connectivity index (χ3n) is 6.71. The van der Waals surface area contributed by atoms with Crippen molar-refractivity contribution in [2.45, 2.75) is 59.8 Å². The molecular weight excluding hydrogens is 466 g/mol. The molecule has 0 aliphatic heterocycles. The van der Waals surface area contributed by atoms with E-state index in [9.17, 15) is 14.4 Å². The number of Topliss-reactive ketones (excluding diaryl/α,β-unsaturated/α-hetero) is 1. The summed E-state index contributed by atoms with van der Waals surface area (Å²) in [6.07, 6.45) is 2.94. The molecule has 6 heteroatoms. The number of nitrogens with one attached hydrogen (secondary N) is 1. The smallest absolute Gasteiger partial charge is 0.322 e. The number of ketones is 1. The summed E-state index contributed by atoms with van der Waals surface area (Å²) in [5.74, 6) is -0.236. The molecule has 0 saturated heterocycles. The first-order valence-corrected chi connectivity index (χ1v) is 12.8. The highest BCUT2D eigenvalue weighted by atomic mass is 16.5. The molecule has 0 aliphatic carbocycles. The van der Waals surface area contributed by atoms with E-state index in [1.54, 1.807) is 12.1 Å². The number of benzene rings is 3. The molecule has 1 unspecified atom stereocenters. The maximum absolute atomic E-state index is 12.2. The van der Waals surface area contributed by atoms with Crippen LogP contribution in [0, 0.1) is 12.3 Å². The Morgan fingerprint density at radius 3 is 2.32 bits per heavy atom. The Balaban J connectivity index is 1.64. The third-order valence-corrected chi connectivity index (χ3v) is 6.71. The average Bonchev–Trinajstić information content (AvgIpc) is 2.85. The highest BCUT2D eigenvalue weighted by molar-refractivity contribution is 5.99. The number of ether oxygens (including phenoxy) is 1. The van der Waals surface area contributed by atoms with Gasteiger partial charge < -0.3 is 15.2 Å². The van der Waals surface area contributed by atoms with Gasteiger partial charge in [0.05, 0.1) is 0 Å². The Hall–Kier alpha value is -3.67. The number of carboxylic acid groups (broad SMARTS) is 1. The van der Waals surface area contributed by atoms with E-state index in [1.807, 2.05) is 45.9 Å². The molecule has 0 fully saturated rings. The molecule has 0 saturated carbocycles. The maximum atomic E-state index is 12.2. The maximum Gasteiger partial charge on any atom is 0.322 e. The van der Waals surface area contributed by atoms with E-state index in [0.717, 1.165) is 41.3 Å². The predicted molar refractivity (Wildman–Crippen MR) is 146 cm³/mol. The molecule has 6 nitrogen and oxygen atoms in total. The van der Waals surface area contributed by atoms with Crippen molar-refractivity contribution in [1.29, 1.82) is 0 Å². The number of aliphatic carboxylic acids is 1. The zero-order valence-electron chi connectivity index (χ0n) is 22.4. The van der Waals surface area contributed by atoms with Gasteiger partial charge >= 0.3 is 5.97 Å². The van der Waals surface area contributed by atoms with E-state index < -0.39 is 23.8 Å². The Labute approximate surface area is 219 Å². The number of carbonyl (C=O) groups is 3. The first kappa shape index (κ1) is 27.9. The molecule has 0 aliphatic rings. The minimum Gasteiger partial charge on any atom is -0.486 e. The molecule has 0 bridgehead atoms. The number of amides is 1. The number of fused-ring (bicyclic) bond motifs is 1. The molecule has 3 aromatic rings. The quantitative estimate of drug-likeness (QED) is 0.331. The lowest BCUT2D eigenvalue weighted by Crippen LogP contribution is -2.29. The van der Waals surface area contributed by atoms with E-state index in [0.29, 0.717) is 11.5 Å². The van der Waals surface area contributed by atoms with Crippen molar-refractivity contribution in [1.82, 2.24) is 5.32 Å². The van der Waals surface area contributed by atoms with Crippen LogP contribution in [0.15, 0.2) is 54.6 Å². The van der Waals surface area contributed by atoms with Crippen LogP contribution in [0.3, 0.4) is 0 Å². The van der Waals surface area contributed by atoms with Gasteiger partial charge in [-0.1, -0.05) is 64.1 Å². The standard InChI is InChI=1S/C31H37NO5/c1-6-22(23-13-14-27(20(2)15-23)37-19-28(33)31(3,4)5)9-7-21-8-10-25-17-26(12-11-24(25)16-21)30(36)32-18-29(34)35/h8,10-17,22H,6-7,9,18-19H2,1-5H3,(H,32,36)(H,34,35). The zero-order valence-corrected chi connectivity index (χ0v) is 22.4. The van der Waals surface area contributed by atoms with Gasteiger partial charge in [0.1, 0.15) is 18.9 Å². The monoisotopic (exact) mass is 503 g/mol. The van der Waals surface area contributed by atoms with Gasteiger partial charge in [-0.05, 0) is 77.8 Å². The number of hydrogen-bond donors (Lipinski definition) is 2. The van der Waals surface area contributed by atoms with Crippen LogP contribution in [0.25, 0.3) is 10.8 Å². The second-order valence-corrected chi connectivity index (χ2v) is 10.6. The minimum absolute atomic E-state index is 0.0791. The Kier molecular flexibility index (Phi) is 9.09. The molecule has 2 N–H and O–H groups in total. The van der Waals surface area contributed by atoms with Crippen LogP contribution in [0.2, 0.25) is 0 Å². The molecule has 1 amide bonds. The van der Waals surface area contributed by atoms with Crippen LogP contribution < -0.4 is 10.1 Å². The molecule has 0 heterocycles. The largest absolute Gasteiger partial charge is 0.486 e. The summed E-state index contributed by atoms with van der Waals surface area (Å²) >= 11 is 0. The second-order valence-electron chi connectivity index (χ2n) is 10.6. The van der Waals surface area contributed by atoms with E-state index in [2.05, 4.69) is 36.5 Å². The highest BCUT2D eigenvalue weighted by Gasteiger charge is 2.22. The van der Waals surface area contributed by atoms with Crippen molar-refractivity contribution in [2.24, 2.45) is 5.41 Å². The third kappa shape index (κ3) is 7.66. The van der Waals surface area contributed by atoms with Gasteiger partial charge in [-0.3, -0.25) is 14.4 Å². The summed E-state index contributed by atoms with van der Waals surface area (Å²) < 4.78 is 5.81. The van der Waals surface area contributed by atoms with Crippen LogP contribution in [0.5, 0.6) is 5.75 Å². The predicted octanol–water partition coefficient (Wildman–Crippen LogP) is 6.08. The zero-order chi connectivity index (χ0) is 27.2. The molecule has 0 radical (unpaired) electrons. The fourth-order valence-corrected chi connectivity index (χ4v) is 4.25. The lowest BCUT2D eigenvalue weighted by Gasteiger charge is -2.19. The normalized spacial score (nSPS) is 12.2. The molecule has 3 aromatic carbocycles. The van der Waals surface area contributed by atoms with E-state index >= 15 is 0 Å². The number of carboxylic acids is 1. The van der Waals surface area contributed by atoms with Crippen molar-refractivity contribution in [2.75, 3.05) is 13.2 Å². The van der Waals surface area contributed by atoms with Crippen molar-refractivity contribution in [3.63, 3.8) is 0 Å². The van der Waals surface area contributed by atoms with Crippen LogP contribution >= 0.6 is 0 Å². The number of hydrogen-bond acceptors (Lipinski definition) is 4. The van der Waals surface area contributed by atoms with Crippen LogP contribution in [0.1, 0.15) is 73.5 Å². The van der Waals surface area contributed by atoms with Gasteiger partial charge in [0.15, 0.2) is 5.78 Å². The van der Waals surface area contributed by atoms with Crippen molar-refractivity contribution >= 4 is 28.4 Å². The minimum atomic E-state index is -1.07. The van der Waals surface area contributed by atoms with E-state index in [4.69, 9.17) is 9.84 Å².